The number of ether oxygens (including phenoxy) is 1. The fraction of sp³-hybridized carbons (Fsp3) is 0.321. The average molecular weight is 442 g/mol. The van der Waals surface area contributed by atoms with Crippen molar-refractivity contribution in [1.82, 2.24) is 15.5 Å². The number of likely N-dealkylation sites (tertiary alicyclic amines) is 1. The molecular weight excluding hydrogens is 410 g/mol. The predicted molar refractivity (Wildman–Crippen MR) is 131 cm³/mol. The molecule has 3 aromatic carbocycles. The Morgan fingerprint density at radius 3 is 2.52 bits per heavy atom. The average Bonchev–Trinajstić information content (AvgIpc) is 3.47. The maximum atomic E-state index is 12.6. The lowest BCUT2D eigenvalue weighted by Crippen LogP contribution is -2.42. The van der Waals surface area contributed by atoms with Gasteiger partial charge in [0.05, 0.1) is 6.61 Å². The van der Waals surface area contributed by atoms with E-state index < -0.39 is 0 Å². The molecule has 2 atom stereocenters. The molecule has 2 aliphatic rings. The van der Waals surface area contributed by atoms with Crippen LogP contribution in [0.25, 0.3) is 11.1 Å². The smallest absolute Gasteiger partial charge is 0.251 e. The van der Waals surface area contributed by atoms with Crippen LogP contribution in [0.2, 0.25) is 0 Å². The second-order valence-corrected chi connectivity index (χ2v) is 8.97. The van der Waals surface area contributed by atoms with Gasteiger partial charge in [-0.05, 0) is 65.9 Å². The number of carbonyl (C=O) groups is 1. The number of hydrogen-bond donors (Lipinski definition) is 2. The number of benzene rings is 3. The summed E-state index contributed by atoms with van der Waals surface area (Å²) in [6.07, 6.45) is 1.28. The first-order chi connectivity index (χ1) is 16.2. The van der Waals surface area contributed by atoms with Crippen LogP contribution in [0.1, 0.15) is 34.8 Å². The van der Waals surface area contributed by atoms with Crippen LogP contribution in [0.3, 0.4) is 0 Å². The highest BCUT2D eigenvalue weighted by atomic mass is 16.5. The van der Waals surface area contributed by atoms with Gasteiger partial charge in [-0.15, -0.1) is 0 Å². The molecule has 1 amide bonds. The first-order valence-corrected chi connectivity index (χ1v) is 11.8. The van der Waals surface area contributed by atoms with Crippen LogP contribution in [0.5, 0.6) is 5.75 Å². The van der Waals surface area contributed by atoms with Crippen molar-refractivity contribution in [3.8, 4) is 16.9 Å². The van der Waals surface area contributed by atoms with Crippen LogP contribution in [-0.4, -0.2) is 42.6 Å². The molecular formula is C28H31N3O2. The molecule has 2 bridgehead atoms. The highest BCUT2D eigenvalue weighted by molar-refractivity contribution is 5.94. The van der Waals surface area contributed by atoms with Crippen molar-refractivity contribution in [2.75, 3.05) is 19.7 Å². The molecule has 2 saturated heterocycles. The van der Waals surface area contributed by atoms with Crippen molar-refractivity contribution in [2.45, 2.75) is 38.5 Å². The maximum Gasteiger partial charge on any atom is 0.251 e. The van der Waals surface area contributed by atoms with E-state index >= 15 is 0 Å². The molecule has 0 spiro atoms. The normalized spacial score (nSPS) is 19.5. The van der Waals surface area contributed by atoms with Gasteiger partial charge >= 0.3 is 0 Å². The Hall–Kier alpha value is -3.15. The molecule has 2 fully saturated rings. The quantitative estimate of drug-likeness (QED) is 0.549. The molecule has 33 heavy (non-hydrogen) atoms. The number of nitrogens with zero attached hydrogens (tertiary/aromatic N) is 1. The SMILES string of the molecule is CCOc1cccc(C(=O)NCc2cccc(-c3cccc(CN4C[C@@H]5CC4CN5)c3)c2)c1. The van der Waals surface area contributed by atoms with Crippen molar-refractivity contribution >= 4 is 5.91 Å². The molecule has 0 radical (unpaired) electrons. The molecule has 0 aromatic heterocycles. The summed E-state index contributed by atoms with van der Waals surface area (Å²) in [6, 6.07) is 25.9. The van der Waals surface area contributed by atoms with Gasteiger partial charge in [-0.1, -0.05) is 42.5 Å². The second kappa shape index (κ2) is 9.77. The molecule has 2 aliphatic heterocycles. The highest BCUT2D eigenvalue weighted by Gasteiger charge is 2.37. The van der Waals surface area contributed by atoms with E-state index in [0.717, 1.165) is 25.2 Å². The zero-order valence-corrected chi connectivity index (χ0v) is 19.1. The van der Waals surface area contributed by atoms with Crippen molar-refractivity contribution < 1.29 is 9.53 Å². The molecule has 5 nitrogen and oxygen atoms in total. The van der Waals surface area contributed by atoms with Crippen LogP contribution < -0.4 is 15.4 Å². The van der Waals surface area contributed by atoms with Crippen molar-refractivity contribution in [3.63, 3.8) is 0 Å². The lowest BCUT2D eigenvalue weighted by Gasteiger charge is -2.27. The van der Waals surface area contributed by atoms with E-state index in [1.807, 2.05) is 25.1 Å². The van der Waals surface area contributed by atoms with Crippen LogP contribution in [-0.2, 0) is 13.1 Å². The number of fused-ring (bicyclic) bond motifs is 2. The van der Waals surface area contributed by atoms with E-state index in [2.05, 4.69) is 64.1 Å². The Balaban J connectivity index is 1.24. The van der Waals surface area contributed by atoms with E-state index in [1.165, 1.54) is 23.1 Å². The van der Waals surface area contributed by atoms with E-state index in [0.29, 0.717) is 36.5 Å². The third-order valence-electron chi connectivity index (χ3n) is 6.60. The molecule has 1 unspecified atom stereocenters. The molecule has 0 saturated carbocycles. The van der Waals surface area contributed by atoms with Gasteiger partial charge in [0.25, 0.3) is 5.91 Å². The van der Waals surface area contributed by atoms with Gasteiger partial charge in [-0.3, -0.25) is 9.69 Å². The van der Waals surface area contributed by atoms with Gasteiger partial charge in [0, 0.05) is 43.8 Å². The highest BCUT2D eigenvalue weighted by Crippen LogP contribution is 2.27. The van der Waals surface area contributed by atoms with Gasteiger partial charge in [-0.2, -0.15) is 0 Å². The Labute approximate surface area is 195 Å². The van der Waals surface area contributed by atoms with Crippen LogP contribution in [0.4, 0.5) is 0 Å². The summed E-state index contributed by atoms with van der Waals surface area (Å²) in [5.74, 6) is 0.614. The zero-order chi connectivity index (χ0) is 22.6. The van der Waals surface area contributed by atoms with E-state index in [-0.39, 0.29) is 5.91 Å². The summed E-state index contributed by atoms with van der Waals surface area (Å²) >= 11 is 0. The zero-order valence-electron chi connectivity index (χ0n) is 19.1. The molecule has 5 heteroatoms. The van der Waals surface area contributed by atoms with Gasteiger partial charge in [-0.25, -0.2) is 0 Å². The first kappa shape index (κ1) is 21.7. The maximum absolute atomic E-state index is 12.6. The number of amides is 1. The van der Waals surface area contributed by atoms with Crippen molar-refractivity contribution in [2.24, 2.45) is 0 Å². The Morgan fingerprint density at radius 1 is 1.03 bits per heavy atom. The first-order valence-electron chi connectivity index (χ1n) is 11.8. The van der Waals surface area contributed by atoms with E-state index in [9.17, 15) is 4.79 Å². The Morgan fingerprint density at radius 2 is 1.79 bits per heavy atom. The third kappa shape index (κ3) is 5.10. The summed E-state index contributed by atoms with van der Waals surface area (Å²) in [5, 5.41) is 6.61. The number of nitrogens with one attached hydrogen (secondary N) is 2. The van der Waals surface area contributed by atoms with Crippen molar-refractivity contribution in [1.29, 1.82) is 0 Å². The summed E-state index contributed by atoms with van der Waals surface area (Å²) in [4.78, 5) is 15.2. The summed E-state index contributed by atoms with van der Waals surface area (Å²) < 4.78 is 5.50. The summed E-state index contributed by atoms with van der Waals surface area (Å²) in [5.41, 5.74) is 5.43. The van der Waals surface area contributed by atoms with Gasteiger partial charge < -0.3 is 15.4 Å². The summed E-state index contributed by atoms with van der Waals surface area (Å²) in [6.45, 7) is 6.27. The fourth-order valence-corrected chi connectivity index (χ4v) is 4.96. The standard InChI is InChI=1S/C28H31N3O2/c1-2-33-27-11-5-10-24(14-27)28(32)30-16-20-6-3-8-22(12-20)23-9-4-7-21(13-23)18-31-19-25-15-26(31)17-29-25/h3-14,25-26,29H,2,15-19H2,1H3,(H,30,32)/t25-,26?/m0/s1. The van der Waals surface area contributed by atoms with Gasteiger partial charge in [0.1, 0.15) is 5.75 Å². The fourth-order valence-electron chi connectivity index (χ4n) is 4.96. The number of rotatable bonds is 8. The van der Waals surface area contributed by atoms with Crippen LogP contribution in [0.15, 0.2) is 72.8 Å². The number of carbonyl (C=O) groups excluding carboxylic acids is 1. The van der Waals surface area contributed by atoms with Crippen LogP contribution >= 0.6 is 0 Å². The van der Waals surface area contributed by atoms with Crippen LogP contribution in [0, 0.1) is 0 Å². The summed E-state index contributed by atoms with van der Waals surface area (Å²) in [7, 11) is 0. The second-order valence-electron chi connectivity index (χ2n) is 8.97. The Kier molecular flexibility index (Phi) is 6.42. The van der Waals surface area contributed by atoms with Gasteiger partial charge in [0.15, 0.2) is 0 Å². The topological polar surface area (TPSA) is 53.6 Å². The van der Waals surface area contributed by atoms with E-state index in [4.69, 9.17) is 4.74 Å². The molecule has 5 rings (SSSR count). The third-order valence-corrected chi connectivity index (χ3v) is 6.60. The largest absolute Gasteiger partial charge is 0.494 e. The molecule has 0 aliphatic carbocycles. The number of piperazine rings is 1. The minimum atomic E-state index is -0.0987. The molecule has 2 heterocycles. The minimum absolute atomic E-state index is 0.0987. The lowest BCUT2D eigenvalue weighted by molar-refractivity contribution is 0.0950. The lowest BCUT2D eigenvalue weighted by atomic mass is 10.0. The number of hydrogen-bond acceptors (Lipinski definition) is 4. The van der Waals surface area contributed by atoms with Gasteiger partial charge in [0.2, 0.25) is 0 Å². The molecule has 2 N–H and O–H groups in total. The molecule has 3 aromatic rings. The van der Waals surface area contributed by atoms with Crippen molar-refractivity contribution in [3.05, 3.63) is 89.5 Å². The van der Waals surface area contributed by atoms with E-state index in [1.54, 1.807) is 6.07 Å². The Bertz CT molecular complexity index is 1130. The minimum Gasteiger partial charge on any atom is -0.494 e. The molecule has 170 valence electrons. The predicted octanol–water partition coefficient (Wildman–Crippen LogP) is 4.23. The monoisotopic (exact) mass is 441 g/mol.